The number of rotatable bonds is 5. The van der Waals surface area contributed by atoms with Gasteiger partial charge in [0, 0.05) is 24.3 Å². The first-order valence-corrected chi connectivity index (χ1v) is 6.50. The van der Waals surface area contributed by atoms with Crippen LogP contribution in [0.1, 0.15) is 20.8 Å². The Bertz CT molecular complexity index is 482. The van der Waals surface area contributed by atoms with E-state index in [2.05, 4.69) is 41.6 Å². The Labute approximate surface area is 114 Å². The Balaban J connectivity index is 1.83. The third-order valence-electron chi connectivity index (χ3n) is 2.63. The Hall–Kier alpha value is -1.88. The SMILES string of the molecule is CC(C)(C)NCCNc1ccc(-n2nccn2)cc1. The van der Waals surface area contributed by atoms with Gasteiger partial charge < -0.3 is 10.6 Å². The van der Waals surface area contributed by atoms with Crippen LogP contribution in [-0.4, -0.2) is 33.6 Å². The summed E-state index contributed by atoms with van der Waals surface area (Å²) in [6, 6.07) is 8.07. The number of benzene rings is 1. The van der Waals surface area contributed by atoms with E-state index in [1.54, 1.807) is 17.2 Å². The zero-order valence-corrected chi connectivity index (χ0v) is 11.7. The Kier molecular flexibility index (Phi) is 4.16. The smallest absolute Gasteiger partial charge is 0.0858 e. The molecule has 0 saturated heterocycles. The van der Waals surface area contributed by atoms with Crippen molar-refractivity contribution in [1.82, 2.24) is 20.3 Å². The van der Waals surface area contributed by atoms with Crippen molar-refractivity contribution in [3.05, 3.63) is 36.7 Å². The van der Waals surface area contributed by atoms with Crippen LogP contribution in [0.4, 0.5) is 5.69 Å². The zero-order valence-electron chi connectivity index (χ0n) is 11.7. The summed E-state index contributed by atoms with van der Waals surface area (Å²) < 4.78 is 0. The van der Waals surface area contributed by atoms with Crippen LogP contribution < -0.4 is 10.6 Å². The third-order valence-corrected chi connectivity index (χ3v) is 2.63. The number of hydrogen-bond acceptors (Lipinski definition) is 4. The maximum absolute atomic E-state index is 4.09. The minimum absolute atomic E-state index is 0.164. The molecule has 2 aromatic rings. The van der Waals surface area contributed by atoms with Gasteiger partial charge in [-0.05, 0) is 45.0 Å². The molecule has 102 valence electrons. The fourth-order valence-corrected chi connectivity index (χ4v) is 1.71. The topological polar surface area (TPSA) is 54.8 Å². The van der Waals surface area contributed by atoms with Crippen molar-refractivity contribution in [3.63, 3.8) is 0 Å². The molecule has 0 fully saturated rings. The molecule has 0 aliphatic carbocycles. The van der Waals surface area contributed by atoms with E-state index in [4.69, 9.17) is 0 Å². The molecule has 1 aromatic heterocycles. The van der Waals surface area contributed by atoms with E-state index in [0.29, 0.717) is 0 Å². The molecule has 0 saturated carbocycles. The van der Waals surface area contributed by atoms with Crippen molar-refractivity contribution in [2.75, 3.05) is 18.4 Å². The minimum atomic E-state index is 0.164. The molecular weight excluding hydrogens is 238 g/mol. The molecule has 0 aliphatic heterocycles. The molecule has 5 heteroatoms. The molecule has 0 amide bonds. The number of aromatic nitrogens is 3. The van der Waals surface area contributed by atoms with Crippen molar-refractivity contribution in [2.24, 2.45) is 0 Å². The van der Waals surface area contributed by atoms with Crippen molar-refractivity contribution >= 4 is 5.69 Å². The molecule has 2 rings (SSSR count). The fourth-order valence-electron chi connectivity index (χ4n) is 1.71. The van der Waals surface area contributed by atoms with Gasteiger partial charge in [0.25, 0.3) is 0 Å². The highest BCUT2D eigenvalue weighted by molar-refractivity contribution is 5.48. The lowest BCUT2D eigenvalue weighted by atomic mass is 10.1. The lowest BCUT2D eigenvalue weighted by molar-refractivity contribution is 0.435. The monoisotopic (exact) mass is 259 g/mol. The average molecular weight is 259 g/mol. The van der Waals surface area contributed by atoms with E-state index >= 15 is 0 Å². The molecule has 0 unspecified atom stereocenters. The number of anilines is 1. The van der Waals surface area contributed by atoms with Crippen molar-refractivity contribution in [3.8, 4) is 5.69 Å². The van der Waals surface area contributed by atoms with Crippen LogP contribution in [0.5, 0.6) is 0 Å². The highest BCUT2D eigenvalue weighted by atomic mass is 15.5. The standard InChI is InChI=1S/C14H21N5/c1-14(2,3)16-9-8-15-12-4-6-13(7-5-12)19-17-10-11-18-19/h4-7,10-11,15-16H,8-9H2,1-3H3. The highest BCUT2D eigenvalue weighted by Gasteiger charge is 2.06. The molecule has 19 heavy (non-hydrogen) atoms. The molecule has 1 aromatic carbocycles. The lowest BCUT2D eigenvalue weighted by Gasteiger charge is -2.20. The zero-order chi connectivity index (χ0) is 13.7. The van der Waals surface area contributed by atoms with Crippen molar-refractivity contribution < 1.29 is 0 Å². The van der Waals surface area contributed by atoms with Crippen molar-refractivity contribution in [1.29, 1.82) is 0 Å². The summed E-state index contributed by atoms with van der Waals surface area (Å²) in [6.45, 7) is 8.33. The van der Waals surface area contributed by atoms with Crippen molar-refractivity contribution in [2.45, 2.75) is 26.3 Å². The van der Waals surface area contributed by atoms with Gasteiger partial charge in [0.1, 0.15) is 0 Å². The van der Waals surface area contributed by atoms with Crippen LogP contribution in [-0.2, 0) is 0 Å². The maximum Gasteiger partial charge on any atom is 0.0858 e. The summed E-state index contributed by atoms with van der Waals surface area (Å²) in [4.78, 5) is 1.60. The van der Waals surface area contributed by atoms with Gasteiger partial charge in [-0.15, -0.1) is 0 Å². The molecule has 2 N–H and O–H groups in total. The van der Waals surface area contributed by atoms with Gasteiger partial charge in [-0.3, -0.25) is 0 Å². The molecule has 0 atom stereocenters. The van der Waals surface area contributed by atoms with E-state index in [1.165, 1.54) is 0 Å². The van der Waals surface area contributed by atoms with Gasteiger partial charge in [0.2, 0.25) is 0 Å². The Morgan fingerprint density at radius 3 is 2.21 bits per heavy atom. The van der Waals surface area contributed by atoms with Gasteiger partial charge in [-0.25, -0.2) is 0 Å². The summed E-state index contributed by atoms with van der Waals surface area (Å²) in [6.07, 6.45) is 3.34. The number of nitrogens with one attached hydrogen (secondary N) is 2. The van der Waals surface area contributed by atoms with Crippen LogP contribution >= 0.6 is 0 Å². The quantitative estimate of drug-likeness (QED) is 0.807. The number of nitrogens with zero attached hydrogens (tertiary/aromatic N) is 3. The van der Waals surface area contributed by atoms with E-state index < -0.39 is 0 Å². The van der Waals surface area contributed by atoms with E-state index in [9.17, 15) is 0 Å². The van der Waals surface area contributed by atoms with Crippen LogP contribution in [0.25, 0.3) is 5.69 Å². The minimum Gasteiger partial charge on any atom is -0.384 e. The summed E-state index contributed by atoms with van der Waals surface area (Å²) in [5.41, 5.74) is 2.23. The largest absolute Gasteiger partial charge is 0.384 e. The van der Waals surface area contributed by atoms with Crippen LogP contribution in [0, 0.1) is 0 Å². The lowest BCUT2D eigenvalue weighted by Crippen LogP contribution is -2.38. The summed E-state index contributed by atoms with van der Waals surface area (Å²) in [5.74, 6) is 0. The van der Waals surface area contributed by atoms with E-state index in [1.807, 2.05) is 24.3 Å². The maximum atomic E-state index is 4.09. The molecule has 0 spiro atoms. The molecular formula is C14H21N5. The van der Waals surface area contributed by atoms with Gasteiger partial charge in [-0.1, -0.05) is 0 Å². The molecule has 0 aliphatic rings. The average Bonchev–Trinajstić information content (AvgIpc) is 2.88. The first kappa shape index (κ1) is 13.5. The van der Waals surface area contributed by atoms with E-state index in [-0.39, 0.29) is 5.54 Å². The predicted molar refractivity (Wildman–Crippen MR) is 77.6 cm³/mol. The summed E-state index contributed by atoms with van der Waals surface area (Å²) >= 11 is 0. The van der Waals surface area contributed by atoms with Crippen LogP contribution in [0.15, 0.2) is 36.7 Å². The Morgan fingerprint density at radius 1 is 1.00 bits per heavy atom. The second-order valence-electron chi connectivity index (χ2n) is 5.47. The predicted octanol–water partition coefficient (Wildman–Crippen LogP) is 2.07. The first-order chi connectivity index (χ1) is 9.04. The first-order valence-electron chi connectivity index (χ1n) is 6.50. The van der Waals surface area contributed by atoms with Gasteiger partial charge in [0.15, 0.2) is 0 Å². The van der Waals surface area contributed by atoms with Gasteiger partial charge in [0.05, 0.1) is 18.1 Å². The van der Waals surface area contributed by atoms with Gasteiger partial charge in [-0.2, -0.15) is 15.0 Å². The highest BCUT2D eigenvalue weighted by Crippen LogP contribution is 2.11. The third kappa shape index (κ3) is 4.37. The molecule has 0 bridgehead atoms. The second kappa shape index (κ2) is 5.84. The second-order valence-corrected chi connectivity index (χ2v) is 5.47. The fraction of sp³-hybridized carbons (Fsp3) is 0.429. The van der Waals surface area contributed by atoms with Crippen LogP contribution in [0.2, 0.25) is 0 Å². The van der Waals surface area contributed by atoms with Gasteiger partial charge >= 0.3 is 0 Å². The molecule has 5 nitrogen and oxygen atoms in total. The molecule has 1 heterocycles. The van der Waals surface area contributed by atoms with E-state index in [0.717, 1.165) is 24.5 Å². The summed E-state index contributed by atoms with van der Waals surface area (Å²) in [5, 5.41) is 15.0. The molecule has 0 radical (unpaired) electrons. The number of hydrogen-bond donors (Lipinski definition) is 2. The normalized spacial score (nSPS) is 11.5. The Morgan fingerprint density at radius 2 is 1.63 bits per heavy atom. The summed E-state index contributed by atoms with van der Waals surface area (Å²) in [7, 11) is 0. The van der Waals surface area contributed by atoms with Crippen LogP contribution in [0.3, 0.4) is 0 Å².